The molecule has 4 aromatic rings. The Hall–Kier alpha value is -3.30. The van der Waals surface area contributed by atoms with Gasteiger partial charge in [0.1, 0.15) is 11.1 Å². The van der Waals surface area contributed by atoms with E-state index in [9.17, 15) is 4.79 Å². The summed E-state index contributed by atoms with van der Waals surface area (Å²) in [5.74, 6) is 0.611. The molecule has 7 rings (SSSR count). The number of amides is 2. The van der Waals surface area contributed by atoms with E-state index in [2.05, 4.69) is 44.5 Å². The van der Waals surface area contributed by atoms with Crippen LogP contribution in [0.25, 0.3) is 16.6 Å². The van der Waals surface area contributed by atoms with E-state index >= 15 is 0 Å². The first-order valence-electron chi connectivity index (χ1n) is 13.2. The van der Waals surface area contributed by atoms with Gasteiger partial charge in [0.25, 0.3) is 0 Å². The third kappa shape index (κ3) is 4.73. The minimum atomic E-state index is -0.247. The van der Waals surface area contributed by atoms with E-state index in [0.717, 1.165) is 58.9 Å². The topological polar surface area (TPSA) is 85.5 Å². The number of urea groups is 1. The van der Waals surface area contributed by atoms with Crippen LogP contribution < -0.4 is 10.0 Å². The summed E-state index contributed by atoms with van der Waals surface area (Å²) in [6, 6.07) is 12.3. The molecule has 1 atom stereocenters. The largest absolute Gasteiger partial charge is 0.370 e. The minimum Gasteiger partial charge on any atom is -0.370 e. The molecular weight excluding hydrogens is 484 g/mol. The van der Waals surface area contributed by atoms with Gasteiger partial charge in [0.05, 0.1) is 30.0 Å². The molecule has 0 radical (unpaired) electrons. The molecule has 0 saturated heterocycles. The van der Waals surface area contributed by atoms with Crippen LogP contribution in [0.4, 0.5) is 10.5 Å². The first-order chi connectivity index (χ1) is 18.2. The quantitative estimate of drug-likeness (QED) is 0.317. The molecule has 1 aromatic carbocycles. The molecule has 1 aliphatic heterocycles. The first-order valence-corrected chi connectivity index (χ1v) is 14.1. The number of aromatic nitrogens is 4. The minimum absolute atomic E-state index is 0.141. The number of nitrogens with zero attached hydrogens (tertiary/aromatic N) is 4. The summed E-state index contributed by atoms with van der Waals surface area (Å²) >= 11 is 1.25. The molecule has 4 heterocycles. The summed E-state index contributed by atoms with van der Waals surface area (Å²) in [5, 5.41) is 12.9. The first kappa shape index (κ1) is 24.1. The Bertz CT molecular complexity index is 1440. The molecule has 2 amide bonds. The van der Waals surface area contributed by atoms with Crippen molar-refractivity contribution in [1.82, 2.24) is 24.1 Å². The average Bonchev–Trinajstić information content (AvgIpc) is 3.30. The van der Waals surface area contributed by atoms with Crippen LogP contribution in [-0.4, -0.2) is 32.0 Å². The van der Waals surface area contributed by atoms with Gasteiger partial charge >= 0.3 is 6.03 Å². The number of aryl methyl sites for hydroxylation is 1. The van der Waals surface area contributed by atoms with E-state index in [1.165, 1.54) is 35.9 Å². The van der Waals surface area contributed by atoms with Gasteiger partial charge in [0.2, 0.25) is 0 Å². The fourth-order valence-electron chi connectivity index (χ4n) is 5.37. The summed E-state index contributed by atoms with van der Waals surface area (Å²) in [4.78, 5) is 13.0. The lowest BCUT2D eigenvalue weighted by atomic mass is 9.97. The standard InChI is InChI=1S/C26H26N6O2S.C2H6/c33-26(30-35-23-15-22-25(17-4-5-17)34-13-12-32(22)29-23)28-24-20-3-1-2-16(20)6-7-21(24)18-9-11-31-19(14-18)8-10-27-31;1-2/h6-11,14-15,17,25H,1-5,12-13H2,(H2,28,30,33);1-2H3. The van der Waals surface area contributed by atoms with Crippen molar-refractivity contribution in [3.8, 4) is 11.1 Å². The second kappa shape index (κ2) is 10.2. The SMILES string of the molecule is CC.O=C(NSc1cc2n(n1)CCOC2C1CC1)Nc1c(-c2ccn3nccc3c2)ccc2c1CCC2. The van der Waals surface area contributed by atoms with Crippen molar-refractivity contribution in [2.24, 2.45) is 5.92 Å². The molecule has 3 aliphatic rings. The normalized spacial score (nSPS) is 18.1. The summed E-state index contributed by atoms with van der Waals surface area (Å²) in [6.45, 7) is 5.45. The monoisotopic (exact) mass is 516 g/mol. The Balaban J connectivity index is 0.00000123. The molecular formula is C28H32N6O2S. The lowest BCUT2D eigenvalue weighted by molar-refractivity contribution is 0.00273. The van der Waals surface area contributed by atoms with Crippen LogP contribution in [0.5, 0.6) is 0 Å². The predicted octanol–water partition coefficient (Wildman–Crippen LogP) is 6.02. The molecule has 1 unspecified atom stereocenters. The summed E-state index contributed by atoms with van der Waals surface area (Å²) in [6.07, 6.45) is 9.45. The van der Waals surface area contributed by atoms with Gasteiger partial charge in [0, 0.05) is 29.9 Å². The van der Waals surface area contributed by atoms with Gasteiger partial charge in [-0.25, -0.2) is 9.31 Å². The van der Waals surface area contributed by atoms with E-state index in [1.54, 1.807) is 6.20 Å². The zero-order valence-corrected chi connectivity index (χ0v) is 22.1. The number of nitrogens with one attached hydrogen (secondary N) is 2. The lowest BCUT2D eigenvalue weighted by Gasteiger charge is -2.23. The number of benzene rings is 1. The van der Waals surface area contributed by atoms with Gasteiger partial charge in [-0.2, -0.15) is 10.2 Å². The molecule has 2 aliphatic carbocycles. The smallest absolute Gasteiger partial charge is 0.329 e. The van der Waals surface area contributed by atoms with Gasteiger partial charge in [-0.05, 0) is 79.0 Å². The van der Waals surface area contributed by atoms with Crippen LogP contribution >= 0.6 is 11.9 Å². The number of anilines is 1. The third-order valence-electron chi connectivity index (χ3n) is 7.21. The van der Waals surface area contributed by atoms with Crippen LogP contribution in [-0.2, 0) is 24.1 Å². The maximum atomic E-state index is 13.0. The number of fused-ring (bicyclic) bond motifs is 3. The van der Waals surface area contributed by atoms with Crippen molar-refractivity contribution in [2.45, 2.75) is 63.6 Å². The van der Waals surface area contributed by atoms with Crippen LogP contribution in [0.3, 0.4) is 0 Å². The van der Waals surface area contributed by atoms with Gasteiger partial charge in [0.15, 0.2) is 0 Å². The summed E-state index contributed by atoms with van der Waals surface area (Å²) in [5.41, 5.74) is 7.68. The highest BCUT2D eigenvalue weighted by Crippen LogP contribution is 2.45. The highest BCUT2D eigenvalue weighted by molar-refractivity contribution is 7.97. The second-order valence-corrected chi connectivity index (χ2v) is 10.3. The number of pyridine rings is 1. The highest BCUT2D eigenvalue weighted by Gasteiger charge is 2.37. The maximum absolute atomic E-state index is 13.0. The molecule has 1 saturated carbocycles. The molecule has 192 valence electrons. The Morgan fingerprint density at radius 2 is 2.03 bits per heavy atom. The van der Waals surface area contributed by atoms with Crippen molar-refractivity contribution in [2.75, 3.05) is 11.9 Å². The molecule has 1 fully saturated rings. The van der Waals surface area contributed by atoms with Crippen molar-refractivity contribution < 1.29 is 9.53 Å². The molecule has 0 spiro atoms. The molecule has 8 nitrogen and oxygen atoms in total. The number of hydrogen-bond donors (Lipinski definition) is 2. The van der Waals surface area contributed by atoms with Crippen LogP contribution in [0, 0.1) is 5.92 Å². The van der Waals surface area contributed by atoms with Gasteiger partial charge < -0.3 is 10.1 Å². The number of rotatable bonds is 5. The molecule has 2 N–H and O–H groups in total. The van der Waals surface area contributed by atoms with Gasteiger partial charge in [-0.15, -0.1) is 0 Å². The second-order valence-electron chi connectivity index (χ2n) is 9.51. The predicted molar refractivity (Wildman–Crippen MR) is 146 cm³/mol. The van der Waals surface area contributed by atoms with E-state index in [0.29, 0.717) is 12.5 Å². The summed E-state index contributed by atoms with van der Waals surface area (Å²) < 4.78 is 12.8. The number of carbonyl (C=O) groups is 1. The zero-order chi connectivity index (χ0) is 25.4. The Morgan fingerprint density at radius 3 is 2.89 bits per heavy atom. The van der Waals surface area contributed by atoms with Crippen LogP contribution in [0.1, 0.15) is 56.0 Å². The Kier molecular flexibility index (Phi) is 6.65. The zero-order valence-electron chi connectivity index (χ0n) is 21.2. The molecule has 9 heteroatoms. The van der Waals surface area contributed by atoms with Crippen molar-refractivity contribution in [3.63, 3.8) is 0 Å². The summed E-state index contributed by atoms with van der Waals surface area (Å²) in [7, 11) is 0. The molecule has 3 aromatic heterocycles. The lowest BCUT2D eigenvalue weighted by Crippen LogP contribution is -2.24. The third-order valence-corrected chi connectivity index (χ3v) is 7.91. The number of ether oxygens (including phenoxy) is 1. The van der Waals surface area contributed by atoms with Crippen molar-refractivity contribution in [3.05, 3.63) is 65.6 Å². The number of hydrogen-bond acceptors (Lipinski definition) is 5. The fourth-order valence-corrected chi connectivity index (χ4v) is 5.94. The van der Waals surface area contributed by atoms with E-state index < -0.39 is 0 Å². The number of carbonyl (C=O) groups excluding carboxylic acids is 1. The molecule has 0 bridgehead atoms. The highest BCUT2D eigenvalue weighted by atomic mass is 32.2. The maximum Gasteiger partial charge on any atom is 0.329 e. The average molecular weight is 517 g/mol. The van der Waals surface area contributed by atoms with E-state index in [1.807, 2.05) is 41.4 Å². The van der Waals surface area contributed by atoms with Gasteiger partial charge in [-0.1, -0.05) is 26.0 Å². The Labute approximate surface area is 220 Å². The van der Waals surface area contributed by atoms with Crippen LogP contribution in [0.2, 0.25) is 0 Å². The van der Waals surface area contributed by atoms with Gasteiger partial charge in [-0.3, -0.25) is 9.40 Å². The van der Waals surface area contributed by atoms with E-state index in [4.69, 9.17) is 4.74 Å². The molecule has 37 heavy (non-hydrogen) atoms. The van der Waals surface area contributed by atoms with Crippen molar-refractivity contribution >= 4 is 29.2 Å². The fraction of sp³-hybridized carbons (Fsp3) is 0.393. The van der Waals surface area contributed by atoms with E-state index in [-0.39, 0.29) is 12.1 Å². The van der Waals surface area contributed by atoms with Crippen LogP contribution in [0.15, 0.2) is 53.8 Å². The Morgan fingerprint density at radius 1 is 1.14 bits per heavy atom. The van der Waals surface area contributed by atoms with Crippen molar-refractivity contribution in [1.29, 1.82) is 0 Å².